The Morgan fingerprint density at radius 2 is 1.33 bits per heavy atom. The van der Waals surface area contributed by atoms with E-state index in [-0.39, 0.29) is 0 Å². The van der Waals surface area contributed by atoms with Gasteiger partial charge in [0.25, 0.3) is 0 Å². The second-order valence-corrected chi connectivity index (χ2v) is 5.34. The molecule has 6 nitrogen and oxygen atoms in total. The first-order chi connectivity index (χ1) is 11.6. The molecule has 2 aromatic heterocycles. The zero-order chi connectivity index (χ0) is 17.1. The minimum absolute atomic E-state index is 0.654. The monoisotopic (exact) mass is 314 g/mol. The molecular formula is C18H14N6. The SMILES string of the molecule is Cn1cnc2cc(C#N)ccc21.Cn1cnc2ccc(C#N)cc21. The molecule has 0 aliphatic heterocycles. The molecular weight excluding hydrogens is 300 g/mol. The number of nitriles is 2. The van der Waals surface area contributed by atoms with Gasteiger partial charge in [0.2, 0.25) is 0 Å². The minimum atomic E-state index is 0.654. The van der Waals surface area contributed by atoms with Crippen molar-refractivity contribution < 1.29 is 0 Å². The zero-order valence-electron chi connectivity index (χ0n) is 13.3. The Morgan fingerprint density at radius 1 is 0.750 bits per heavy atom. The van der Waals surface area contributed by atoms with Gasteiger partial charge in [-0.1, -0.05) is 0 Å². The molecule has 2 heterocycles. The van der Waals surface area contributed by atoms with Gasteiger partial charge in [-0.3, -0.25) is 0 Å². The van der Waals surface area contributed by atoms with Gasteiger partial charge in [-0.05, 0) is 36.4 Å². The first kappa shape index (κ1) is 15.3. The van der Waals surface area contributed by atoms with E-state index < -0.39 is 0 Å². The highest BCUT2D eigenvalue weighted by Crippen LogP contribution is 2.13. The van der Waals surface area contributed by atoms with Gasteiger partial charge in [-0.15, -0.1) is 0 Å². The van der Waals surface area contributed by atoms with Crippen LogP contribution in [0.25, 0.3) is 22.1 Å². The van der Waals surface area contributed by atoms with E-state index in [0.717, 1.165) is 22.1 Å². The number of hydrogen-bond donors (Lipinski definition) is 0. The molecule has 0 fully saturated rings. The molecule has 0 bridgehead atoms. The van der Waals surface area contributed by atoms with Crippen LogP contribution in [0.5, 0.6) is 0 Å². The Balaban J connectivity index is 0.000000141. The summed E-state index contributed by atoms with van der Waals surface area (Å²) in [6, 6.07) is 15.1. The van der Waals surface area contributed by atoms with Crippen molar-refractivity contribution >= 4 is 22.1 Å². The Bertz CT molecular complexity index is 1100. The van der Waals surface area contributed by atoms with Crippen LogP contribution in [0.15, 0.2) is 49.1 Å². The van der Waals surface area contributed by atoms with Crippen molar-refractivity contribution in [3.8, 4) is 12.1 Å². The summed E-state index contributed by atoms with van der Waals surface area (Å²) < 4.78 is 3.83. The van der Waals surface area contributed by atoms with Gasteiger partial charge in [0.05, 0.1) is 58.0 Å². The van der Waals surface area contributed by atoms with E-state index in [1.54, 1.807) is 30.9 Å². The normalized spacial score (nSPS) is 10.0. The zero-order valence-corrected chi connectivity index (χ0v) is 13.3. The smallest absolute Gasteiger partial charge is 0.0992 e. The fourth-order valence-electron chi connectivity index (χ4n) is 2.40. The van der Waals surface area contributed by atoms with Crippen LogP contribution < -0.4 is 0 Å². The highest BCUT2D eigenvalue weighted by molar-refractivity contribution is 5.77. The summed E-state index contributed by atoms with van der Waals surface area (Å²) in [5.74, 6) is 0. The summed E-state index contributed by atoms with van der Waals surface area (Å²) >= 11 is 0. The number of hydrogen-bond acceptors (Lipinski definition) is 4. The largest absolute Gasteiger partial charge is 0.334 e. The molecule has 6 heteroatoms. The second kappa shape index (κ2) is 6.23. The molecule has 116 valence electrons. The molecule has 0 N–H and O–H groups in total. The van der Waals surface area contributed by atoms with Gasteiger partial charge in [0.1, 0.15) is 0 Å². The first-order valence-electron chi connectivity index (χ1n) is 7.24. The lowest BCUT2D eigenvalue weighted by Gasteiger charge is -1.93. The van der Waals surface area contributed by atoms with Crippen molar-refractivity contribution in [1.29, 1.82) is 10.5 Å². The standard InChI is InChI=1S/2C9H7N3/c1-12-6-11-8-4-7(5-10)2-3-9(8)12;1-12-6-11-8-3-2-7(5-10)4-9(8)12/h2*2-4,6H,1H3. The van der Waals surface area contributed by atoms with Gasteiger partial charge in [0, 0.05) is 14.1 Å². The van der Waals surface area contributed by atoms with Crippen molar-refractivity contribution in [1.82, 2.24) is 19.1 Å². The van der Waals surface area contributed by atoms with E-state index in [4.69, 9.17) is 10.5 Å². The first-order valence-corrected chi connectivity index (χ1v) is 7.24. The molecule has 0 unspecified atom stereocenters. The molecule has 4 aromatic rings. The summed E-state index contributed by atoms with van der Waals surface area (Å²) in [5.41, 5.74) is 5.17. The average Bonchev–Trinajstić information content (AvgIpc) is 3.18. The number of rotatable bonds is 0. The quantitative estimate of drug-likeness (QED) is 0.499. The van der Waals surface area contributed by atoms with Crippen LogP contribution in [0.3, 0.4) is 0 Å². The lowest BCUT2D eigenvalue weighted by Crippen LogP contribution is -1.84. The molecule has 0 aliphatic rings. The van der Waals surface area contributed by atoms with Crippen LogP contribution in [0.1, 0.15) is 11.1 Å². The Kier molecular flexibility index (Phi) is 3.96. The van der Waals surface area contributed by atoms with Crippen LogP contribution >= 0.6 is 0 Å². The maximum absolute atomic E-state index is 8.65. The van der Waals surface area contributed by atoms with Crippen LogP contribution in [-0.2, 0) is 14.1 Å². The molecule has 2 aromatic carbocycles. The van der Waals surface area contributed by atoms with E-state index in [9.17, 15) is 0 Å². The number of nitrogens with zero attached hydrogens (tertiary/aromatic N) is 6. The predicted octanol–water partition coefficient (Wildman–Crippen LogP) is 2.89. The molecule has 0 atom stereocenters. The number of benzene rings is 2. The van der Waals surface area contributed by atoms with E-state index in [1.165, 1.54) is 0 Å². The number of aromatic nitrogens is 4. The predicted molar refractivity (Wildman–Crippen MR) is 90.9 cm³/mol. The number of imidazole rings is 2. The summed E-state index contributed by atoms with van der Waals surface area (Å²) in [4.78, 5) is 8.29. The summed E-state index contributed by atoms with van der Waals surface area (Å²) in [6.07, 6.45) is 3.48. The summed E-state index contributed by atoms with van der Waals surface area (Å²) in [6.45, 7) is 0. The van der Waals surface area contributed by atoms with Crippen LogP contribution in [-0.4, -0.2) is 19.1 Å². The molecule has 24 heavy (non-hydrogen) atoms. The van der Waals surface area contributed by atoms with Crippen LogP contribution in [0, 0.1) is 22.7 Å². The van der Waals surface area contributed by atoms with E-state index >= 15 is 0 Å². The molecule has 0 saturated carbocycles. The maximum Gasteiger partial charge on any atom is 0.0992 e. The van der Waals surface area contributed by atoms with Crippen molar-refractivity contribution in [3.63, 3.8) is 0 Å². The summed E-state index contributed by atoms with van der Waals surface area (Å²) in [7, 11) is 3.85. The summed E-state index contributed by atoms with van der Waals surface area (Å²) in [5, 5.41) is 17.3. The van der Waals surface area contributed by atoms with Crippen LogP contribution in [0.4, 0.5) is 0 Å². The van der Waals surface area contributed by atoms with Crippen molar-refractivity contribution in [3.05, 3.63) is 60.2 Å². The molecule has 0 spiro atoms. The van der Waals surface area contributed by atoms with E-state index in [2.05, 4.69) is 22.1 Å². The second-order valence-electron chi connectivity index (χ2n) is 5.34. The molecule has 4 rings (SSSR count). The van der Waals surface area contributed by atoms with Crippen molar-refractivity contribution in [2.45, 2.75) is 0 Å². The third kappa shape index (κ3) is 2.81. The van der Waals surface area contributed by atoms with E-state index in [0.29, 0.717) is 11.1 Å². The molecule has 0 radical (unpaired) electrons. The van der Waals surface area contributed by atoms with Gasteiger partial charge in [-0.2, -0.15) is 10.5 Å². The lowest BCUT2D eigenvalue weighted by molar-refractivity contribution is 0.947. The Morgan fingerprint density at radius 3 is 2.04 bits per heavy atom. The fraction of sp³-hybridized carbons (Fsp3) is 0.111. The molecule has 0 amide bonds. The third-order valence-electron chi connectivity index (χ3n) is 3.71. The topological polar surface area (TPSA) is 83.2 Å². The Labute approximate surface area is 138 Å². The van der Waals surface area contributed by atoms with Crippen LogP contribution in [0.2, 0.25) is 0 Å². The van der Waals surface area contributed by atoms with Gasteiger partial charge in [0.15, 0.2) is 0 Å². The molecule has 0 saturated heterocycles. The van der Waals surface area contributed by atoms with Gasteiger partial charge in [-0.25, -0.2) is 9.97 Å². The molecule has 0 aliphatic carbocycles. The Hall–Kier alpha value is -3.64. The highest BCUT2D eigenvalue weighted by atomic mass is 15.0. The van der Waals surface area contributed by atoms with Gasteiger partial charge < -0.3 is 9.13 Å². The maximum atomic E-state index is 8.65. The van der Waals surface area contributed by atoms with Crippen molar-refractivity contribution in [2.24, 2.45) is 14.1 Å². The minimum Gasteiger partial charge on any atom is -0.334 e. The highest BCUT2D eigenvalue weighted by Gasteiger charge is 2.00. The number of fused-ring (bicyclic) bond motifs is 2. The van der Waals surface area contributed by atoms with E-state index in [1.807, 2.05) is 41.4 Å². The lowest BCUT2D eigenvalue weighted by atomic mass is 10.2. The average molecular weight is 314 g/mol. The number of aryl methyl sites for hydroxylation is 2. The fourth-order valence-corrected chi connectivity index (χ4v) is 2.40. The third-order valence-corrected chi connectivity index (χ3v) is 3.71. The van der Waals surface area contributed by atoms with Gasteiger partial charge >= 0.3 is 0 Å². The van der Waals surface area contributed by atoms with Crippen molar-refractivity contribution in [2.75, 3.05) is 0 Å².